The van der Waals surface area contributed by atoms with Crippen molar-refractivity contribution >= 4 is 5.91 Å². The lowest BCUT2D eigenvalue weighted by atomic mass is 10.1. The molecule has 0 spiro atoms. The van der Waals surface area contributed by atoms with Crippen LogP contribution in [0.4, 0.5) is 0 Å². The Bertz CT molecular complexity index is 184. The van der Waals surface area contributed by atoms with E-state index < -0.39 is 0 Å². The average molecular weight is 183 g/mol. The molecular formula is C10H17NO2. The topological polar surface area (TPSA) is 49.3 Å². The Labute approximate surface area is 79.5 Å². The summed E-state index contributed by atoms with van der Waals surface area (Å²) < 4.78 is 0. The maximum atomic E-state index is 11.2. The number of carbonyl (C=O) groups excluding carboxylic acids is 1. The van der Waals surface area contributed by atoms with Crippen molar-refractivity contribution in [1.82, 2.24) is 5.32 Å². The molecule has 0 aliphatic carbocycles. The lowest BCUT2D eigenvalue weighted by Gasteiger charge is -2.14. The smallest absolute Gasteiger partial charge is 0.221 e. The Morgan fingerprint density at radius 2 is 2.38 bits per heavy atom. The highest BCUT2D eigenvalue weighted by Crippen LogP contribution is 1.97. The van der Waals surface area contributed by atoms with Gasteiger partial charge in [-0.15, -0.1) is 12.3 Å². The predicted molar refractivity (Wildman–Crippen MR) is 52.0 cm³/mol. The summed E-state index contributed by atoms with van der Waals surface area (Å²) in [5.41, 5.74) is 0. The molecular weight excluding hydrogens is 166 g/mol. The Morgan fingerprint density at radius 3 is 2.85 bits per heavy atom. The van der Waals surface area contributed by atoms with Gasteiger partial charge in [-0.2, -0.15) is 0 Å². The molecule has 0 aliphatic heterocycles. The molecule has 13 heavy (non-hydrogen) atoms. The first kappa shape index (κ1) is 12.0. The van der Waals surface area contributed by atoms with Gasteiger partial charge in [-0.1, -0.05) is 6.92 Å². The second kappa shape index (κ2) is 7.63. The summed E-state index contributed by atoms with van der Waals surface area (Å²) in [4.78, 5) is 11.2. The van der Waals surface area contributed by atoms with E-state index in [4.69, 9.17) is 11.5 Å². The Hall–Kier alpha value is -1.01. The molecule has 0 heterocycles. The number of hydrogen-bond acceptors (Lipinski definition) is 2. The van der Waals surface area contributed by atoms with Crippen LogP contribution in [0.25, 0.3) is 0 Å². The third kappa shape index (κ3) is 6.18. The predicted octanol–water partition coefficient (Wildman–Crippen LogP) is 0.677. The van der Waals surface area contributed by atoms with Gasteiger partial charge < -0.3 is 10.4 Å². The number of aliphatic hydroxyl groups is 1. The summed E-state index contributed by atoms with van der Waals surface area (Å²) in [6.07, 6.45) is 7.32. The minimum Gasteiger partial charge on any atom is -0.396 e. The van der Waals surface area contributed by atoms with Crippen LogP contribution in [0.5, 0.6) is 0 Å². The van der Waals surface area contributed by atoms with Gasteiger partial charge in [-0.3, -0.25) is 4.79 Å². The maximum absolute atomic E-state index is 11.2. The van der Waals surface area contributed by atoms with Crippen LogP contribution >= 0.6 is 0 Å². The van der Waals surface area contributed by atoms with Gasteiger partial charge in [0.1, 0.15) is 0 Å². The van der Waals surface area contributed by atoms with E-state index in [9.17, 15) is 4.79 Å². The van der Waals surface area contributed by atoms with Crippen LogP contribution < -0.4 is 5.32 Å². The summed E-state index contributed by atoms with van der Waals surface area (Å²) >= 11 is 0. The molecule has 0 aromatic carbocycles. The van der Waals surface area contributed by atoms with Gasteiger partial charge in [0.2, 0.25) is 5.91 Å². The number of rotatable bonds is 6. The molecule has 1 atom stereocenters. The number of carbonyl (C=O) groups is 1. The molecule has 0 bridgehead atoms. The van der Waals surface area contributed by atoms with Gasteiger partial charge in [-0.05, 0) is 12.8 Å². The van der Waals surface area contributed by atoms with Crippen LogP contribution in [0.1, 0.15) is 32.6 Å². The average Bonchev–Trinajstić information content (AvgIpc) is 2.14. The monoisotopic (exact) mass is 183 g/mol. The SMILES string of the molecule is C#CCCC(=O)NC(CC)CCO. The van der Waals surface area contributed by atoms with E-state index in [1.54, 1.807) is 0 Å². The van der Waals surface area contributed by atoms with Gasteiger partial charge >= 0.3 is 0 Å². The molecule has 0 aromatic heterocycles. The molecule has 1 amide bonds. The Balaban J connectivity index is 3.67. The molecule has 0 radical (unpaired) electrons. The number of amides is 1. The minimum atomic E-state index is -0.0294. The molecule has 0 aliphatic rings. The van der Waals surface area contributed by atoms with Crippen molar-refractivity contribution in [1.29, 1.82) is 0 Å². The van der Waals surface area contributed by atoms with Crippen LogP contribution in [0.15, 0.2) is 0 Å². The molecule has 0 fully saturated rings. The van der Waals surface area contributed by atoms with E-state index in [0.717, 1.165) is 6.42 Å². The Kier molecular flexibility index (Phi) is 7.04. The van der Waals surface area contributed by atoms with Crippen LogP contribution in [-0.2, 0) is 4.79 Å². The van der Waals surface area contributed by atoms with Crippen LogP contribution in [-0.4, -0.2) is 23.7 Å². The van der Waals surface area contributed by atoms with E-state index in [0.29, 0.717) is 19.3 Å². The van der Waals surface area contributed by atoms with Gasteiger partial charge in [-0.25, -0.2) is 0 Å². The minimum absolute atomic E-state index is 0.0294. The van der Waals surface area contributed by atoms with E-state index >= 15 is 0 Å². The highest BCUT2D eigenvalue weighted by Gasteiger charge is 2.08. The molecule has 1 unspecified atom stereocenters. The van der Waals surface area contributed by atoms with Gasteiger partial charge in [0.05, 0.1) is 0 Å². The van der Waals surface area contributed by atoms with Crippen LogP contribution in [0, 0.1) is 12.3 Å². The number of nitrogens with one attached hydrogen (secondary N) is 1. The first-order chi connectivity index (χ1) is 6.24. The third-order valence-corrected chi connectivity index (χ3v) is 1.83. The molecule has 0 saturated heterocycles. The molecule has 0 aromatic rings. The highest BCUT2D eigenvalue weighted by molar-refractivity contribution is 5.76. The second-order valence-electron chi connectivity index (χ2n) is 2.89. The van der Waals surface area contributed by atoms with Crippen molar-refractivity contribution in [2.24, 2.45) is 0 Å². The van der Waals surface area contributed by atoms with E-state index in [1.807, 2.05) is 6.92 Å². The van der Waals surface area contributed by atoms with Crippen molar-refractivity contribution in [3.63, 3.8) is 0 Å². The zero-order valence-corrected chi connectivity index (χ0v) is 8.05. The van der Waals surface area contributed by atoms with Gasteiger partial charge in [0.25, 0.3) is 0 Å². The fourth-order valence-electron chi connectivity index (χ4n) is 1.02. The summed E-state index contributed by atoms with van der Waals surface area (Å²) in [7, 11) is 0. The molecule has 3 nitrogen and oxygen atoms in total. The van der Waals surface area contributed by atoms with Gasteiger partial charge in [0, 0.05) is 25.5 Å². The number of hydrogen-bond donors (Lipinski definition) is 2. The van der Waals surface area contributed by atoms with Crippen molar-refractivity contribution in [2.45, 2.75) is 38.6 Å². The van der Waals surface area contributed by atoms with E-state index in [1.165, 1.54) is 0 Å². The highest BCUT2D eigenvalue weighted by atomic mass is 16.3. The molecule has 2 N–H and O–H groups in total. The lowest BCUT2D eigenvalue weighted by molar-refractivity contribution is -0.121. The molecule has 74 valence electrons. The molecule has 0 saturated carbocycles. The summed E-state index contributed by atoms with van der Waals surface area (Å²) in [5.74, 6) is 2.38. The zero-order valence-electron chi connectivity index (χ0n) is 8.05. The molecule has 3 heteroatoms. The van der Waals surface area contributed by atoms with E-state index in [2.05, 4.69) is 11.2 Å². The third-order valence-electron chi connectivity index (χ3n) is 1.83. The maximum Gasteiger partial charge on any atom is 0.221 e. The fraction of sp³-hybridized carbons (Fsp3) is 0.700. The lowest BCUT2D eigenvalue weighted by Crippen LogP contribution is -2.34. The Morgan fingerprint density at radius 1 is 1.69 bits per heavy atom. The standard InChI is InChI=1S/C10H17NO2/c1-3-5-6-10(13)11-9(4-2)7-8-12/h1,9,12H,4-8H2,2H3,(H,11,13). The van der Waals surface area contributed by atoms with Crippen molar-refractivity contribution < 1.29 is 9.90 Å². The van der Waals surface area contributed by atoms with Crippen molar-refractivity contribution in [3.8, 4) is 12.3 Å². The van der Waals surface area contributed by atoms with Crippen molar-refractivity contribution in [2.75, 3.05) is 6.61 Å². The zero-order chi connectivity index (χ0) is 10.1. The fourth-order valence-corrected chi connectivity index (χ4v) is 1.02. The van der Waals surface area contributed by atoms with Crippen LogP contribution in [0.2, 0.25) is 0 Å². The largest absolute Gasteiger partial charge is 0.396 e. The summed E-state index contributed by atoms with van der Waals surface area (Å²) in [6.45, 7) is 2.08. The summed E-state index contributed by atoms with van der Waals surface area (Å²) in [5, 5.41) is 11.5. The first-order valence-electron chi connectivity index (χ1n) is 4.58. The van der Waals surface area contributed by atoms with Crippen molar-refractivity contribution in [3.05, 3.63) is 0 Å². The van der Waals surface area contributed by atoms with Gasteiger partial charge in [0.15, 0.2) is 0 Å². The number of terminal acetylenes is 1. The number of aliphatic hydroxyl groups excluding tert-OH is 1. The first-order valence-corrected chi connectivity index (χ1v) is 4.58. The second-order valence-corrected chi connectivity index (χ2v) is 2.89. The summed E-state index contributed by atoms with van der Waals surface area (Å²) in [6, 6.07) is 0.0790. The van der Waals surface area contributed by atoms with Crippen LogP contribution in [0.3, 0.4) is 0 Å². The quantitative estimate of drug-likeness (QED) is 0.595. The normalized spacial score (nSPS) is 11.8. The molecule has 0 rings (SSSR count). The van der Waals surface area contributed by atoms with E-state index in [-0.39, 0.29) is 18.6 Å².